The number of nitrogens with zero attached hydrogens (tertiary/aromatic N) is 4. The highest BCUT2D eigenvalue weighted by atomic mass is 16.2. The van der Waals surface area contributed by atoms with Gasteiger partial charge in [0.25, 0.3) is 5.91 Å². The molecular formula is C16H20N4O. The molecule has 1 aliphatic rings. The fraction of sp³-hybridized carbons (Fsp3) is 0.438. The lowest BCUT2D eigenvalue weighted by atomic mass is 9.80. The molecule has 5 nitrogen and oxygen atoms in total. The molecule has 0 saturated heterocycles. The number of hydrogen-bond acceptors (Lipinski definition) is 3. The van der Waals surface area contributed by atoms with Crippen LogP contribution in [0.25, 0.3) is 0 Å². The van der Waals surface area contributed by atoms with Crippen LogP contribution < -0.4 is 4.90 Å². The van der Waals surface area contributed by atoms with Crippen molar-refractivity contribution in [2.24, 2.45) is 7.05 Å². The van der Waals surface area contributed by atoms with Gasteiger partial charge in [-0.2, -0.15) is 0 Å². The van der Waals surface area contributed by atoms with Crippen LogP contribution in [-0.2, 0) is 12.5 Å². The standard InChI is InChI=1S/C16H20N4O/c1-16(2)9-6-10-20(13-8-5-4-7-12(13)16)15(21)14-11-17-18-19(14)3/h4-5,7-8,11H,6,9-10H2,1-3H3. The van der Waals surface area contributed by atoms with E-state index >= 15 is 0 Å². The zero-order chi connectivity index (χ0) is 15.0. The summed E-state index contributed by atoms with van der Waals surface area (Å²) < 4.78 is 1.53. The normalized spacial score (nSPS) is 17.2. The minimum absolute atomic E-state index is 0.0346. The Balaban J connectivity index is 2.07. The van der Waals surface area contributed by atoms with Crippen molar-refractivity contribution in [2.75, 3.05) is 11.4 Å². The van der Waals surface area contributed by atoms with Gasteiger partial charge >= 0.3 is 0 Å². The summed E-state index contributed by atoms with van der Waals surface area (Å²) in [6.45, 7) is 5.21. The van der Waals surface area contributed by atoms with Gasteiger partial charge in [0.05, 0.1) is 6.20 Å². The molecular weight excluding hydrogens is 264 g/mol. The molecule has 1 aromatic heterocycles. The lowest BCUT2D eigenvalue weighted by molar-refractivity contribution is 0.0978. The molecule has 2 aromatic rings. The van der Waals surface area contributed by atoms with Gasteiger partial charge in [0.15, 0.2) is 0 Å². The summed E-state index contributed by atoms with van der Waals surface area (Å²) in [5.74, 6) is -0.0346. The largest absolute Gasteiger partial charge is 0.307 e. The third-order valence-electron chi connectivity index (χ3n) is 4.29. The van der Waals surface area contributed by atoms with E-state index in [-0.39, 0.29) is 11.3 Å². The summed E-state index contributed by atoms with van der Waals surface area (Å²) in [5, 5.41) is 7.67. The zero-order valence-electron chi connectivity index (χ0n) is 12.7. The highest BCUT2D eigenvalue weighted by molar-refractivity contribution is 6.05. The maximum atomic E-state index is 12.8. The van der Waals surface area contributed by atoms with Crippen molar-refractivity contribution in [1.29, 1.82) is 0 Å². The highest BCUT2D eigenvalue weighted by Gasteiger charge is 2.32. The molecule has 0 aliphatic carbocycles. The third-order valence-corrected chi connectivity index (χ3v) is 4.29. The second-order valence-corrected chi connectivity index (χ2v) is 6.20. The first-order chi connectivity index (χ1) is 10.0. The molecule has 0 radical (unpaired) electrons. The van der Waals surface area contributed by atoms with Crippen LogP contribution in [0.15, 0.2) is 30.5 Å². The van der Waals surface area contributed by atoms with E-state index in [1.54, 1.807) is 7.05 Å². The molecule has 1 aromatic carbocycles. The molecule has 0 unspecified atom stereocenters. The first-order valence-corrected chi connectivity index (χ1v) is 7.27. The second-order valence-electron chi connectivity index (χ2n) is 6.20. The topological polar surface area (TPSA) is 51.0 Å². The van der Waals surface area contributed by atoms with E-state index in [1.807, 2.05) is 23.1 Å². The number of para-hydroxylation sites is 1. The summed E-state index contributed by atoms with van der Waals surface area (Å²) in [6, 6.07) is 8.19. The lowest BCUT2D eigenvalue weighted by Gasteiger charge is -2.27. The summed E-state index contributed by atoms with van der Waals surface area (Å²) in [4.78, 5) is 14.7. The van der Waals surface area contributed by atoms with Crippen LogP contribution in [0.4, 0.5) is 5.69 Å². The summed E-state index contributed by atoms with van der Waals surface area (Å²) in [6.07, 6.45) is 3.58. The molecule has 0 atom stereocenters. The van der Waals surface area contributed by atoms with E-state index in [9.17, 15) is 4.79 Å². The number of carbonyl (C=O) groups is 1. The van der Waals surface area contributed by atoms with Gasteiger partial charge in [-0.15, -0.1) is 5.10 Å². The van der Waals surface area contributed by atoms with Gasteiger partial charge < -0.3 is 4.90 Å². The van der Waals surface area contributed by atoms with Gasteiger partial charge in [0, 0.05) is 19.3 Å². The summed E-state index contributed by atoms with van der Waals surface area (Å²) >= 11 is 0. The number of carbonyl (C=O) groups excluding carboxylic acids is 1. The molecule has 0 N–H and O–H groups in total. The molecule has 21 heavy (non-hydrogen) atoms. The molecule has 110 valence electrons. The Morgan fingerprint density at radius 2 is 2.05 bits per heavy atom. The van der Waals surface area contributed by atoms with Gasteiger partial charge in [-0.1, -0.05) is 37.3 Å². The number of benzene rings is 1. The van der Waals surface area contributed by atoms with Gasteiger partial charge in [-0.05, 0) is 29.9 Å². The molecule has 0 saturated carbocycles. The smallest absolute Gasteiger partial charge is 0.278 e. The Labute approximate surface area is 124 Å². The molecule has 0 fully saturated rings. The Kier molecular flexibility index (Phi) is 3.27. The van der Waals surface area contributed by atoms with E-state index < -0.39 is 0 Å². The van der Waals surface area contributed by atoms with Gasteiger partial charge in [-0.3, -0.25) is 4.79 Å². The molecule has 0 spiro atoms. The minimum Gasteiger partial charge on any atom is -0.307 e. The number of fused-ring (bicyclic) bond motifs is 1. The van der Waals surface area contributed by atoms with Crippen molar-refractivity contribution in [1.82, 2.24) is 15.0 Å². The number of hydrogen-bond donors (Lipinski definition) is 0. The SMILES string of the molecule is Cn1nncc1C(=O)N1CCCC(C)(C)c2ccccc21. The molecule has 0 bridgehead atoms. The first-order valence-electron chi connectivity index (χ1n) is 7.27. The highest BCUT2D eigenvalue weighted by Crippen LogP contribution is 2.38. The third kappa shape index (κ3) is 2.33. The van der Waals surface area contributed by atoms with Crippen molar-refractivity contribution >= 4 is 11.6 Å². The Morgan fingerprint density at radius 1 is 1.29 bits per heavy atom. The number of aromatic nitrogens is 3. The van der Waals surface area contributed by atoms with Crippen LogP contribution in [0, 0.1) is 0 Å². The molecule has 3 rings (SSSR count). The van der Waals surface area contributed by atoms with Crippen LogP contribution >= 0.6 is 0 Å². The second kappa shape index (κ2) is 4.98. The Bertz CT molecular complexity index is 674. The Hall–Kier alpha value is -2.17. The number of rotatable bonds is 1. The van der Waals surface area contributed by atoms with E-state index in [0.717, 1.165) is 25.1 Å². The lowest BCUT2D eigenvalue weighted by Crippen LogP contribution is -2.33. The first kappa shape index (κ1) is 13.8. The van der Waals surface area contributed by atoms with E-state index in [0.29, 0.717) is 5.69 Å². The maximum absolute atomic E-state index is 12.8. The van der Waals surface area contributed by atoms with Crippen molar-refractivity contribution < 1.29 is 4.79 Å². The van der Waals surface area contributed by atoms with Gasteiger partial charge in [0.2, 0.25) is 0 Å². The fourth-order valence-corrected chi connectivity index (χ4v) is 3.05. The monoisotopic (exact) mass is 284 g/mol. The predicted molar refractivity (Wildman–Crippen MR) is 81.4 cm³/mol. The van der Waals surface area contributed by atoms with Crippen molar-refractivity contribution in [3.05, 3.63) is 41.7 Å². The van der Waals surface area contributed by atoms with E-state index in [2.05, 4.69) is 30.2 Å². The van der Waals surface area contributed by atoms with Gasteiger partial charge in [-0.25, -0.2) is 4.68 Å². The quantitative estimate of drug-likeness (QED) is 0.808. The number of aryl methyl sites for hydroxylation is 1. The summed E-state index contributed by atoms with van der Waals surface area (Å²) in [5.41, 5.74) is 2.83. The maximum Gasteiger partial charge on any atom is 0.278 e. The predicted octanol–water partition coefficient (Wildman–Crippen LogP) is 2.53. The van der Waals surface area contributed by atoms with Crippen LogP contribution in [0.3, 0.4) is 0 Å². The van der Waals surface area contributed by atoms with Crippen LogP contribution in [0.1, 0.15) is 42.7 Å². The molecule has 5 heteroatoms. The number of amides is 1. The zero-order valence-corrected chi connectivity index (χ0v) is 12.7. The van der Waals surface area contributed by atoms with Crippen LogP contribution in [0.2, 0.25) is 0 Å². The number of anilines is 1. The van der Waals surface area contributed by atoms with E-state index in [4.69, 9.17) is 0 Å². The van der Waals surface area contributed by atoms with Crippen LogP contribution in [-0.4, -0.2) is 27.4 Å². The Morgan fingerprint density at radius 3 is 2.76 bits per heavy atom. The average molecular weight is 284 g/mol. The molecule has 1 aliphatic heterocycles. The van der Waals surface area contributed by atoms with Crippen molar-refractivity contribution in [3.8, 4) is 0 Å². The molecule has 2 heterocycles. The fourth-order valence-electron chi connectivity index (χ4n) is 3.05. The molecule has 1 amide bonds. The van der Waals surface area contributed by atoms with Crippen molar-refractivity contribution in [3.63, 3.8) is 0 Å². The van der Waals surface area contributed by atoms with Gasteiger partial charge in [0.1, 0.15) is 5.69 Å². The van der Waals surface area contributed by atoms with Crippen molar-refractivity contribution in [2.45, 2.75) is 32.1 Å². The average Bonchev–Trinajstić information content (AvgIpc) is 2.83. The summed E-state index contributed by atoms with van der Waals surface area (Å²) in [7, 11) is 1.74. The minimum atomic E-state index is -0.0346. The van der Waals surface area contributed by atoms with Crippen LogP contribution in [0.5, 0.6) is 0 Å². The van der Waals surface area contributed by atoms with E-state index in [1.165, 1.54) is 16.4 Å².